The summed E-state index contributed by atoms with van der Waals surface area (Å²) < 4.78 is 11.0. The van der Waals surface area contributed by atoms with Gasteiger partial charge in [0.2, 0.25) is 0 Å². The Hall–Kier alpha value is -1.02. The molecular weight excluding hydrogens is 188 g/mol. The lowest BCUT2D eigenvalue weighted by molar-refractivity contribution is 0.0981. The fraction of sp³-hybridized carbons (Fsp3) is 0.538. The van der Waals surface area contributed by atoms with Gasteiger partial charge in [0.1, 0.15) is 5.75 Å². The maximum Gasteiger partial charge on any atom is 0.119 e. The molecule has 0 aliphatic rings. The molecule has 2 heteroatoms. The van der Waals surface area contributed by atoms with Gasteiger partial charge in [0.25, 0.3) is 0 Å². The van der Waals surface area contributed by atoms with Crippen LogP contribution in [0.3, 0.4) is 0 Å². The molecule has 0 saturated carbocycles. The van der Waals surface area contributed by atoms with Crippen LogP contribution in [0.5, 0.6) is 5.75 Å². The van der Waals surface area contributed by atoms with Crippen LogP contribution in [0.15, 0.2) is 30.3 Å². The summed E-state index contributed by atoms with van der Waals surface area (Å²) in [5, 5.41) is 0. The highest BCUT2D eigenvalue weighted by Crippen LogP contribution is 2.08. The van der Waals surface area contributed by atoms with E-state index in [0.29, 0.717) is 5.92 Å². The SMILES string of the molecule is CC(C)COCCCOc1ccccc1. The first kappa shape index (κ1) is 12.1. The zero-order valence-electron chi connectivity index (χ0n) is 9.61. The molecule has 0 aliphatic heterocycles. The molecule has 0 aromatic heterocycles. The molecule has 1 aromatic rings. The average Bonchev–Trinajstić information content (AvgIpc) is 2.24. The van der Waals surface area contributed by atoms with Crippen molar-refractivity contribution in [2.75, 3.05) is 19.8 Å². The summed E-state index contributed by atoms with van der Waals surface area (Å²) in [5.74, 6) is 1.54. The predicted molar refractivity (Wildman–Crippen MR) is 62.2 cm³/mol. The van der Waals surface area contributed by atoms with Gasteiger partial charge in [-0.1, -0.05) is 32.0 Å². The van der Waals surface area contributed by atoms with E-state index in [-0.39, 0.29) is 0 Å². The molecule has 0 atom stereocenters. The van der Waals surface area contributed by atoms with Gasteiger partial charge in [0.05, 0.1) is 6.61 Å². The molecule has 0 N–H and O–H groups in total. The molecular formula is C13H20O2. The summed E-state index contributed by atoms with van der Waals surface area (Å²) in [6.07, 6.45) is 0.946. The standard InChI is InChI=1S/C13H20O2/c1-12(2)11-14-9-6-10-15-13-7-4-3-5-8-13/h3-5,7-8,12H,6,9-11H2,1-2H3. The monoisotopic (exact) mass is 208 g/mol. The summed E-state index contributed by atoms with van der Waals surface area (Å²) in [7, 11) is 0. The summed E-state index contributed by atoms with van der Waals surface area (Å²) in [6.45, 7) is 6.65. The Morgan fingerprint density at radius 1 is 1.07 bits per heavy atom. The molecule has 0 bridgehead atoms. The van der Waals surface area contributed by atoms with Crippen molar-refractivity contribution >= 4 is 0 Å². The number of ether oxygens (including phenoxy) is 2. The van der Waals surface area contributed by atoms with Crippen molar-refractivity contribution in [2.45, 2.75) is 20.3 Å². The van der Waals surface area contributed by atoms with E-state index in [9.17, 15) is 0 Å². The van der Waals surface area contributed by atoms with Crippen molar-refractivity contribution in [1.29, 1.82) is 0 Å². The number of para-hydroxylation sites is 1. The molecule has 1 rings (SSSR count). The molecule has 15 heavy (non-hydrogen) atoms. The van der Waals surface area contributed by atoms with Crippen molar-refractivity contribution < 1.29 is 9.47 Å². The molecule has 0 amide bonds. The minimum Gasteiger partial charge on any atom is -0.494 e. The third-order valence-electron chi connectivity index (χ3n) is 1.90. The Morgan fingerprint density at radius 3 is 2.47 bits per heavy atom. The highest BCUT2D eigenvalue weighted by atomic mass is 16.5. The number of benzene rings is 1. The second-order valence-corrected chi connectivity index (χ2v) is 3.98. The van der Waals surface area contributed by atoms with E-state index in [0.717, 1.165) is 32.0 Å². The Bertz CT molecular complexity index is 244. The molecule has 0 fully saturated rings. The summed E-state index contributed by atoms with van der Waals surface area (Å²) >= 11 is 0. The van der Waals surface area contributed by atoms with Crippen LogP contribution in [-0.4, -0.2) is 19.8 Å². The third-order valence-corrected chi connectivity index (χ3v) is 1.90. The van der Waals surface area contributed by atoms with Crippen molar-refractivity contribution in [3.63, 3.8) is 0 Å². The van der Waals surface area contributed by atoms with Gasteiger partial charge < -0.3 is 9.47 Å². The first-order valence-electron chi connectivity index (χ1n) is 5.54. The Kier molecular flexibility index (Phi) is 5.86. The molecule has 0 heterocycles. The molecule has 0 radical (unpaired) electrons. The van der Waals surface area contributed by atoms with Gasteiger partial charge in [-0.05, 0) is 18.1 Å². The van der Waals surface area contributed by atoms with Crippen LogP contribution < -0.4 is 4.74 Å². The average molecular weight is 208 g/mol. The lowest BCUT2D eigenvalue weighted by Crippen LogP contribution is -2.06. The molecule has 0 spiro atoms. The van der Waals surface area contributed by atoms with Crippen LogP contribution in [0.1, 0.15) is 20.3 Å². The number of rotatable bonds is 7. The van der Waals surface area contributed by atoms with Crippen molar-refractivity contribution in [1.82, 2.24) is 0 Å². The van der Waals surface area contributed by atoms with Crippen LogP contribution in [0.2, 0.25) is 0 Å². The van der Waals surface area contributed by atoms with Crippen molar-refractivity contribution in [2.24, 2.45) is 5.92 Å². The Morgan fingerprint density at radius 2 is 1.80 bits per heavy atom. The maximum atomic E-state index is 5.53. The van der Waals surface area contributed by atoms with E-state index in [1.165, 1.54) is 0 Å². The molecule has 0 aliphatic carbocycles. The first-order chi connectivity index (χ1) is 7.29. The van der Waals surface area contributed by atoms with E-state index in [1.807, 2.05) is 30.3 Å². The van der Waals surface area contributed by atoms with Gasteiger partial charge in [0.15, 0.2) is 0 Å². The molecule has 0 unspecified atom stereocenters. The van der Waals surface area contributed by atoms with Crippen molar-refractivity contribution in [3.8, 4) is 5.75 Å². The van der Waals surface area contributed by atoms with Gasteiger partial charge in [-0.2, -0.15) is 0 Å². The summed E-state index contributed by atoms with van der Waals surface area (Å²) in [5.41, 5.74) is 0. The number of hydrogen-bond donors (Lipinski definition) is 0. The lowest BCUT2D eigenvalue weighted by atomic mass is 10.2. The summed E-state index contributed by atoms with van der Waals surface area (Å²) in [6, 6.07) is 9.87. The number of hydrogen-bond acceptors (Lipinski definition) is 2. The molecule has 0 saturated heterocycles. The largest absolute Gasteiger partial charge is 0.494 e. The van der Waals surface area contributed by atoms with E-state index in [4.69, 9.17) is 9.47 Å². The van der Waals surface area contributed by atoms with E-state index in [1.54, 1.807) is 0 Å². The predicted octanol–water partition coefficient (Wildman–Crippen LogP) is 3.13. The van der Waals surface area contributed by atoms with Crippen LogP contribution in [-0.2, 0) is 4.74 Å². The lowest BCUT2D eigenvalue weighted by Gasteiger charge is -2.08. The quantitative estimate of drug-likeness (QED) is 0.641. The van der Waals surface area contributed by atoms with Crippen LogP contribution in [0.4, 0.5) is 0 Å². The first-order valence-corrected chi connectivity index (χ1v) is 5.54. The fourth-order valence-electron chi connectivity index (χ4n) is 1.19. The van der Waals surface area contributed by atoms with Crippen LogP contribution in [0.25, 0.3) is 0 Å². The Labute approximate surface area is 92.2 Å². The van der Waals surface area contributed by atoms with E-state index >= 15 is 0 Å². The fourth-order valence-corrected chi connectivity index (χ4v) is 1.19. The Balaban J connectivity index is 1.98. The van der Waals surface area contributed by atoms with E-state index in [2.05, 4.69) is 13.8 Å². The molecule has 2 nitrogen and oxygen atoms in total. The summed E-state index contributed by atoms with van der Waals surface area (Å²) in [4.78, 5) is 0. The normalized spacial score (nSPS) is 10.6. The van der Waals surface area contributed by atoms with Gasteiger partial charge in [-0.3, -0.25) is 0 Å². The maximum absolute atomic E-state index is 5.53. The molecule has 1 aromatic carbocycles. The highest BCUT2D eigenvalue weighted by molar-refractivity contribution is 5.20. The van der Waals surface area contributed by atoms with Gasteiger partial charge in [0, 0.05) is 19.6 Å². The minimum atomic E-state index is 0.611. The van der Waals surface area contributed by atoms with Crippen LogP contribution >= 0.6 is 0 Å². The zero-order chi connectivity index (χ0) is 10.9. The second-order valence-electron chi connectivity index (χ2n) is 3.98. The second kappa shape index (κ2) is 7.30. The van der Waals surface area contributed by atoms with Gasteiger partial charge in [-0.25, -0.2) is 0 Å². The van der Waals surface area contributed by atoms with E-state index < -0.39 is 0 Å². The third kappa shape index (κ3) is 6.13. The topological polar surface area (TPSA) is 18.5 Å². The van der Waals surface area contributed by atoms with Gasteiger partial charge >= 0.3 is 0 Å². The zero-order valence-corrected chi connectivity index (χ0v) is 9.61. The molecule has 84 valence electrons. The minimum absolute atomic E-state index is 0.611. The van der Waals surface area contributed by atoms with Gasteiger partial charge in [-0.15, -0.1) is 0 Å². The highest BCUT2D eigenvalue weighted by Gasteiger charge is 1.94. The van der Waals surface area contributed by atoms with Crippen molar-refractivity contribution in [3.05, 3.63) is 30.3 Å². The smallest absolute Gasteiger partial charge is 0.119 e. The van der Waals surface area contributed by atoms with Crippen LogP contribution in [0, 0.1) is 5.92 Å².